The van der Waals surface area contributed by atoms with Gasteiger partial charge < -0.3 is 4.90 Å². The van der Waals surface area contributed by atoms with Gasteiger partial charge in [-0.2, -0.15) is 0 Å². The zero-order valence-corrected chi connectivity index (χ0v) is 11.6. The first kappa shape index (κ1) is 12.6. The van der Waals surface area contributed by atoms with E-state index < -0.39 is 0 Å². The topological polar surface area (TPSA) is 63.4 Å². The molecule has 1 aromatic heterocycles. The summed E-state index contributed by atoms with van der Waals surface area (Å²) in [6.45, 7) is 3.27. The van der Waals surface area contributed by atoms with E-state index in [2.05, 4.69) is 4.90 Å². The Labute approximate surface area is 115 Å². The molecule has 0 aromatic carbocycles. The van der Waals surface area contributed by atoms with Gasteiger partial charge in [0.1, 0.15) is 0 Å². The third kappa shape index (κ3) is 2.14. The largest absolute Gasteiger partial charge is 0.357 e. The number of anilines is 1. The van der Waals surface area contributed by atoms with Gasteiger partial charge in [0, 0.05) is 19.2 Å². The molecule has 0 radical (unpaired) electrons. The molecular formula is C13H16N2O3S. The molecular weight excluding hydrogens is 264 g/mol. The molecule has 0 bridgehead atoms. The SMILES string of the molecule is CC(=O)c1cc([N+](=O)[O-])c(N2CC3CCCC3C2)s1. The normalized spacial score (nSPS) is 25.6. The van der Waals surface area contributed by atoms with E-state index in [-0.39, 0.29) is 16.4 Å². The standard InChI is InChI=1S/C13H16N2O3S/c1-8(16)12-5-11(15(17)18)13(19-12)14-6-9-3-2-4-10(9)7-14/h5,9-10H,2-4,6-7H2,1H3. The van der Waals surface area contributed by atoms with Gasteiger partial charge in [-0.1, -0.05) is 6.42 Å². The van der Waals surface area contributed by atoms with Crippen molar-refractivity contribution in [2.24, 2.45) is 11.8 Å². The minimum atomic E-state index is -0.369. The van der Waals surface area contributed by atoms with E-state index in [9.17, 15) is 14.9 Å². The van der Waals surface area contributed by atoms with Gasteiger partial charge in [-0.3, -0.25) is 14.9 Å². The number of carbonyl (C=O) groups is 1. The zero-order valence-electron chi connectivity index (χ0n) is 10.8. The first-order valence-electron chi connectivity index (χ1n) is 6.60. The van der Waals surface area contributed by atoms with Gasteiger partial charge in [0.2, 0.25) is 0 Å². The lowest BCUT2D eigenvalue weighted by molar-refractivity contribution is -0.383. The fourth-order valence-corrected chi connectivity index (χ4v) is 4.34. The summed E-state index contributed by atoms with van der Waals surface area (Å²) in [6, 6.07) is 1.43. The zero-order chi connectivity index (χ0) is 13.6. The van der Waals surface area contributed by atoms with Crippen LogP contribution in [0.5, 0.6) is 0 Å². The molecule has 3 rings (SSSR count). The van der Waals surface area contributed by atoms with Gasteiger partial charge in [0.05, 0.1) is 9.80 Å². The van der Waals surface area contributed by atoms with Crippen LogP contribution in [-0.2, 0) is 0 Å². The van der Waals surface area contributed by atoms with Crippen LogP contribution in [-0.4, -0.2) is 23.8 Å². The second-order valence-electron chi connectivity index (χ2n) is 5.47. The van der Waals surface area contributed by atoms with Gasteiger partial charge in [-0.15, -0.1) is 11.3 Å². The number of hydrogen-bond acceptors (Lipinski definition) is 5. The van der Waals surface area contributed by atoms with Gasteiger partial charge in [-0.05, 0) is 31.6 Å². The molecule has 0 N–H and O–H groups in total. The predicted octanol–water partition coefficient (Wildman–Crippen LogP) is 3.10. The maximum absolute atomic E-state index is 11.4. The molecule has 1 saturated carbocycles. The molecule has 102 valence electrons. The Morgan fingerprint density at radius 3 is 2.58 bits per heavy atom. The quantitative estimate of drug-likeness (QED) is 0.485. The predicted molar refractivity (Wildman–Crippen MR) is 74.0 cm³/mol. The van der Waals surface area contributed by atoms with Crippen LogP contribution in [0, 0.1) is 22.0 Å². The number of carbonyl (C=O) groups excluding carboxylic acids is 1. The van der Waals surface area contributed by atoms with E-state index in [1.807, 2.05) is 0 Å². The summed E-state index contributed by atoms with van der Waals surface area (Å²) in [7, 11) is 0. The van der Waals surface area contributed by atoms with E-state index >= 15 is 0 Å². The van der Waals surface area contributed by atoms with Gasteiger partial charge >= 0.3 is 5.69 Å². The van der Waals surface area contributed by atoms with Crippen LogP contribution < -0.4 is 4.90 Å². The Balaban J connectivity index is 1.91. The van der Waals surface area contributed by atoms with Crippen molar-refractivity contribution in [2.45, 2.75) is 26.2 Å². The monoisotopic (exact) mass is 280 g/mol. The van der Waals surface area contributed by atoms with Gasteiger partial charge in [-0.25, -0.2) is 0 Å². The molecule has 5 nitrogen and oxygen atoms in total. The Morgan fingerprint density at radius 1 is 1.42 bits per heavy atom. The molecule has 2 atom stereocenters. The maximum atomic E-state index is 11.4. The van der Waals surface area contributed by atoms with E-state index in [1.54, 1.807) is 0 Å². The van der Waals surface area contributed by atoms with Crippen molar-refractivity contribution in [3.63, 3.8) is 0 Å². The van der Waals surface area contributed by atoms with Crippen molar-refractivity contribution in [3.05, 3.63) is 21.1 Å². The number of fused-ring (bicyclic) bond motifs is 1. The highest BCUT2D eigenvalue weighted by Crippen LogP contribution is 2.45. The minimum Gasteiger partial charge on any atom is -0.357 e. The minimum absolute atomic E-state index is 0.0928. The number of nitro groups is 1. The summed E-state index contributed by atoms with van der Waals surface area (Å²) in [6.07, 6.45) is 3.76. The van der Waals surface area contributed by atoms with Crippen LogP contribution in [0.4, 0.5) is 10.7 Å². The lowest BCUT2D eigenvalue weighted by Crippen LogP contribution is -2.20. The molecule has 0 amide bonds. The summed E-state index contributed by atoms with van der Waals surface area (Å²) >= 11 is 1.27. The molecule has 0 spiro atoms. The lowest BCUT2D eigenvalue weighted by atomic mass is 10.0. The fraction of sp³-hybridized carbons (Fsp3) is 0.615. The maximum Gasteiger partial charge on any atom is 0.304 e. The van der Waals surface area contributed by atoms with E-state index in [0.717, 1.165) is 13.1 Å². The highest BCUT2D eigenvalue weighted by atomic mass is 32.1. The molecule has 1 saturated heterocycles. The summed E-state index contributed by atoms with van der Waals surface area (Å²) in [5.74, 6) is 1.27. The molecule has 1 aliphatic carbocycles. The van der Waals surface area contributed by atoms with Crippen molar-refractivity contribution in [3.8, 4) is 0 Å². The second-order valence-corrected chi connectivity index (χ2v) is 6.50. The molecule has 2 heterocycles. The van der Waals surface area contributed by atoms with Crippen LogP contribution in [0.2, 0.25) is 0 Å². The first-order chi connectivity index (χ1) is 9.06. The molecule has 6 heteroatoms. The average Bonchev–Trinajstić information content (AvgIpc) is 3.01. The summed E-state index contributed by atoms with van der Waals surface area (Å²) < 4.78 is 0. The molecule has 1 aliphatic heterocycles. The third-order valence-corrected chi connectivity index (χ3v) is 5.54. The summed E-state index contributed by atoms with van der Waals surface area (Å²) in [4.78, 5) is 24.8. The van der Waals surface area contributed by atoms with Crippen LogP contribution in [0.1, 0.15) is 35.9 Å². The van der Waals surface area contributed by atoms with Crippen LogP contribution in [0.25, 0.3) is 0 Å². The van der Waals surface area contributed by atoms with Crippen LogP contribution in [0.3, 0.4) is 0 Å². The molecule has 2 fully saturated rings. The fourth-order valence-electron chi connectivity index (χ4n) is 3.30. The smallest absolute Gasteiger partial charge is 0.304 e. The van der Waals surface area contributed by atoms with Crippen LogP contribution >= 0.6 is 11.3 Å². The number of ketones is 1. The number of Topliss-reactive ketones (excluding diaryl/α,β-unsaturated/α-hetero) is 1. The van der Waals surface area contributed by atoms with Crippen molar-refractivity contribution >= 4 is 27.8 Å². The van der Waals surface area contributed by atoms with Gasteiger partial charge in [0.25, 0.3) is 0 Å². The van der Waals surface area contributed by atoms with E-state index in [4.69, 9.17) is 0 Å². The Hall–Kier alpha value is -1.43. The van der Waals surface area contributed by atoms with Crippen LogP contribution in [0.15, 0.2) is 6.07 Å². The summed E-state index contributed by atoms with van der Waals surface area (Å²) in [5, 5.41) is 11.8. The number of rotatable bonds is 3. The highest BCUT2D eigenvalue weighted by molar-refractivity contribution is 7.18. The van der Waals surface area contributed by atoms with Crippen molar-refractivity contribution in [1.82, 2.24) is 0 Å². The molecule has 19 heavy (non-hydrogen) atoms. The molecule has 2 unspecified atom stereocenters. The summed E-state index contributed by atoms with van der Waals surface area (Å²) in [5.41, 5.74) is 0.0928. The molecule has 2 aliphatic rings. The second kappa shape index (κ2) is 4.59. The van der Waals surface area contributed by atoms with E-state index in [1.165, 1.54) is 43.6 Å². The average molecular weight is 280 g/mol. The lowest BCUT2D eigenvalue weighted by Gasteiger charge is -2.16. The Morgan fingerprint density at radius 2 is 2.05 bits per heavy atom. The van der Waals surface area contributed by atoms with Crippen molar-refractivity contribution in [1.29, 1.82) is 0 Å². The number of nitrogens with zero attached hydrogens (tertiary/aromatic N) is 2. The highest BCUT2D eigenvalue weighted by Gasteiger charge is 2.39. The Kier molecular flexibility index (Phi) is 3.05. The van der Waals surface area contributed by atoms with E-state index in [0.29, 0.717) is 21.7 Å². The number of hydrogen-bond donors (Lipinski definition) is 0. The number of thiophene rings is 1. The molecule has 1 aromatic rings. The van der Waals surface area contributed by atoms with Gasteiger partial charge in [0.15, 0.2) is 10.8 Å². The Bertz CT molecular complexity index is 528. The van der Waals surface area contributed by atoms with Crippen molar-refractivity contribution in [2.75, 3.05) is 18.0 Å². The first-order valence-corrected chi connectivity index (χ1v) is 7.42. The van der Waals surface area contributed by atoms with Crippen molar-refractivity contribution < 1.29 is 9.72 Å². The third-order valence-electron chi connectivity index (χ3n) is 4.25.